The molecular weight excluding hydrogens is 574 g/mol. The van der Waals surface area contributed by atoms with E-state index in [-0.39, 0.29) is 44.0 Å². The van der Waals surface area contributed by atoms with Crippen LogP contribution in [0.5, 0.6) is 34.5 Å². The number of methoxy groups -OCH3 is 6. The number of esters is 1. The van der Waals surface area contributed by atoms with Crippen LogP contribution in [0.1, 0.15) is 40.0 Å². The predicted molar refractivity (Wildman–Crippen MR) is 160 cm³/mol. The largest absolute Gasteiger partial charge is 0.493 e. The monoisotopic (exact) mass is 615 g/mol. The number of carbonyl (C=O) groups is 3. The van der Waals surface area contributed by atoms with Crippen LogP contribution >= 0.6 is 0 Å². The molecule has 0 aromatic heterocycles. The van der Waals surface area contributed by atoms with E-state index in [0.717, 1.165) is 19.4 Å². The van der Waals surface area contributed by atoms with Gasteiger partial charge in [0.05, 0.1) is 48.7 Å². The highest BCUT2D eigenvalue weighted by molar-refractivity contribution is 5.97. The number of hydrogen-bond donors (Lipinski definition) is 1. The van der Waals surface area contributed by atoms with Gasteiger partial charge in [-0.15, -0.1) is 0 Å². The molecule has 2 aromatic carbocycles. The van der Waals surface area contributed by atoms with Gasteiger partial charge in [-0.3, -0.25) is 14.4 Å². The van der Waals surface area contributed by atoms with Gasteiger partial charge in [0.15, 0.2) is 23.0 Å². The van der Waals surface area contributed by atoms with E-state index in [9.17, 15) is 14.4 Å². The number of amides is 2. The minimum Gasteiger partial charge on any atom is -0.493 e. The highest BCUT2D eigenvalue weighted by Crippen LogP contribution is 2.40. The highest BCUT2D eigenvalue weighted by atomic mass is 16.5. The molecule has 240 valence electrons. The lowest BCUT2D eigenvalue weighted by atomic mass is 10.0. The summed E-state index contributed by atoms with van der Waals surface area (Å²) in [5, 5.41) is 3.19. The van der Waals surface area contributed by atoms with E-state index in [1.165, 1.54) is 42.7 Å². The first-order chi connectivity index (χ1) is 21.3. The molecule has 13 nitrogen and oxygen atoms in total. The molecule has 13 heteroatoms. The van der Waals surface area contributed by atoms with Crippen LogP contribution in [-0.2, 0) is 9.53 Å². The first-order valence-corrected chi connectivity index (χ1v) is 14.4. The summed E-state index contributed by atoms with van der Waals surface area (Å²) in [6.45, 7) is 1.20. The molecule has 44 heavy (non-hydrogen) atoms. The molecule has 2 heterocycles. The molecule has 4 rings (SSSR count). The van der Waals surface area contributed by atoms with Crippen LogP contribution < -0.4 is 33.7 Å². The molecule has 0 aliphatic carbocycles. The van der Waals surface area contributed by atoms with Gasteiger partial charge in [0.25, 0.3) is 11.8 Å². The molecule has 0 spiro atoms. The van der Waals surface area contributed by atoms with Crippen LogP contribution in [0.25, 0.3) is 0 Å². The lowest BCUT2D eigenvalue weighted by Gasteiger charge is -2.41. The lowest BCUT2D eigenvalue weighted by molar-refractivity contribution is -0.148. The van der Waals surface area contributed by atoms with Crippen molar-refractivity contribution >= 4 is 17.8 Å². The van der Waals surface area contributed by atoms with Crippen molar-refractivity contribution in [3.8, 4) is 34.5 Å². The van der Waals surface area contributed by atoms with Crippen molar-refractivity contribution in [1.29, 1.82) is 0 Å². The molecule has 2 aliphatic rings. The smallest absolute Gasteiger partial charge is 0.323 e. The van der Waals surface area contributed by atoms with Gasteiger partial charge in [-0.05, 0) is 43.7 Å². The quantitative estimate of drug-likeness (QED) is 0.374. The SMILES string of the molecule is COc1cc(C(=O)N2CCN(C(=O)c3cc(OC)c(OC)c(OC)c3)C(COC(=O)C3CCCCN3)C2)cc(OC)c1OC. The summed E-state index contributed by atoms with van der Waals surface area (Å²) in [5.74, 6) is 1.07. The van der Waals surface area contributed by atoms with Crippen LogP contribution in [0.3, 0.4) is 0 Å². The van der Waals surface area contributed by atoms with Crippen molar-refractivity contribution in [2.24, 2.45) is 0 Å². The van der Waals surface area contributed by atoms with E-state index in [0.29, 0.717) is 52.0 Å². The van der Waals surface area contributed by atoms with Crippen molar-refractivity contribution < 1.29 is 47.5 Å². The molecule has 0 saturated carbocycles. The zero-order valence-electron chi connectivity index (χ0n) is 26.1. The summed E-state index contributed by atoms with van der Waals surface area (Å²) >= 11 is 0. The summed E-state index contributed by atoms with van der Waals surface area (Å²) in [7, 11) is 8.87. The Balaban J connectivity index is 1.62. The number of hydrogen-bond acceptors (Lipinski definition) is 11. The van der Waals surface area contributed by atoms with Gasteiger partial charge >= 0.3 is 5.97 Å². The number of ether oxygens (including phenoxy) is 7. The number of benzene rings is 2. The molecule has 2 aromatic rings. The summed E-state index contributed by atoms with van der Waals surface area (Å²) < 4.78 is 38.3. The zero-order valence-corrected chi connectivity index (χ0v) is 26.1. The van der Waals surface area contributed by atoms with Crippen molar-refractivity contribution in [3.63, 3.8) is 0 Å². The summed E-state index contributed by atoms with van der Waals surface area (Å²) in [6.07, 6.45) is 2.61. The van der Waals surface area contributed by atoms with Crippen LogP contribution in [0.15, 0.2) is 24.3 Å². The van der Waals surface area contributed by atoms with Crippen LogP contribution in [0.2, 0.25) is 0 Å². The molecule has 0 radical (unpaired) electrons. The maximum Gasteiger partial charge on any atom is 0.323 e. The summed E-state index contributed by atoms with van der Waals surface area (Å²) in [4.78, 5) is 43.8. The number of piperidine rings is 1. The van der Waals surface area contributed by atoms with E-state index in [1.807, 2.05) is 0 Å². The Bertz CT molecular complexity index is 1290. The second-order valence-corrected chi connectivity index (χ2v) is 10.4. The Morgan fingerprint density at radius 3 is 1.70 bits per heavy atom. The second kappa shape index (κ2) is 14.9. The fraction of sp³-hybridized carbons (Fsp3) is 0.516. The Kier molecular flexibility index (Phi) is 11.0. The molecule has 2 atom stereocenters. The van der Waals surface area contributed by atoms with E-state index < -0.39 is 12.1 Å². The molecule has 0 bridgehead atoms. The van der Waals surface area contributed by atoms with Crippen LogP contribution in [0.4, 0.5) is 0 Å². The predicted octanol–water partition coefficient (Wildman–Crippen LogP) is 2.39. The Morgan fingerprint density at radius 2 is 1.25 bits per heavy atom. The number of rotatable bonds is 11. The molecule has 2 amide bonds. The van der Waals surface area contributed by atoms with Gasteiger partial charge in [0.2, 0.25) is 11.5 Å². The minimum absolute atomic E-state index is 0.0911. The second-order valence-electron chi connectivity index (χ2n) is 10.4. The maximum absolute atomic E-state index is 13.9. The van der Waals surface area contributed by atoms with Gasteiger partial charge in [0, 0.05) is 30.8 Å². The van der Waals surface area contributed by atoms with E-state index >= 15 is 0 Å². The fourth-order valence-corrected chi connectivity index (χ4v) is 5.54. The first kappa shape index (κ1) is 32.5. The fourth-order valence-electron chi connectivity index (χ4n) is 5.54. The van der Waals surface area contributed by atoms with Crippen molar-refractivity contribution in [1.82, 2.24) is 15.1 Å². The van der Waals surface area contributed by atoms with Gasteiger partial charge in [-0.25, -0.2) is 0 Å². The number of carbonyl (C=O) groups excluding carboxylic acids is 3. The molecular formula is C31H41N3O10. The molecule has 1 N–H and O–H groups in total. The Hall–Kier alpha value is -4.39. The minimum atomic E-state index is -0.631. The van der Waals surface area contributed by atoms with Gasteiger partial charge in [-0.2, -0.15) is 0 Å². The first-order valence-electron chi connectivity index (χ1n) is 14.4. The lowest BCUT2D eigenvalue weighted by Crippen LogP contribution is -2.58. The van der Waals surface area contributed by atoms with E-state index in [1.54, 1.807) is 34.1 Å². The Morgan fingerprint density at radius 1 is 0.727 bits per heavy atom. The number of nitrogens with zero attached hydrogens (tertiary/aromatic N) is 2. The zero-order chi connectivity index (χ0) is 31.8. The van der Waals surface area contributed by atoms with Crippen molar-refractivity contribution in [2.45, 2.75) is 31.3 Å². The third kappa shape index (κ3) is 6.88. The number of nitrogens with one attached hydrogen (secondary N) is 1. The van der Waals surface area contributed by atoms with Gasteiger partial charge in [0.1, 0.15) is 12.6 Å². The topological polar surface area (TPSA) is 134 Å². The normalized spacial score (nSPS) is 18.2. The van der Waals surface area contributed by atoms with E-state index in [2.05, 4.69) is 5.32 Å². The Labute approximate surface area is 257 Å². The van der Waals surface area contributed by atoms with Crippen LogP contribution in [-0.4, -0.2) is 115 Å². The standard InChI is InChI=1S/C31H41N3O10/c1-38-23-13-19(14-24(39-2)27(23)42-5)29(35)33-11-12-34(21(17-33)18-44-31(37)22-9-7-8-10-32-22)30(36)20-15-25(40-3)28(43-6)26(16-20)41-4/h13-16,21-22,32H,7-12,17-18H2,1-6H3. The maximum atomic E-state index is 13.9. The van der Waals surface area contributed by atoms with Gasteiger partial charge in [-0.1, -0.05) is 6.42 Å². The molecule has 2 aliphatic heterocycles. The van der Waals surface area contributed by atoms with Gasteiger partial charge < -0.3 is 48.3 Å². The number of piperazine rings is 1. The average molecular weight is 616 g/mol. The van der Waals surface area contributed by atoms with Crippen molar-refractivity contribution in [3.05, 3.63) is 35.4 Å². The third-order valence-corrected chi connectivity index (χ3v) is 7.87. The average Bonchev–Trinajstić information content (AvgIpc) is 3.08. The highest BCUT2D eigenvalue weighted by Gasteiger charge is 2.36. The van der Waals surface area contributed by atoms with Crippen molar-refractivity contribution in [2.75, 3.05) is 75.4 Å². The molecule has 2 saturated heterocycles. The summed E-state index contributed by atoms with van der Waals surface area (Å²) in [6, 6.07) is 5.29. The third-order valence-electron chi connectivity index (χ3n) is 7.87. The molecule has 2 fully saturated rings. The molecule has 2 unspecified atom stereocenters. The van der Waals surface area contributed by atoms with Crippen LogP contribution in [0, 0.1) is 0 Å². The van der Waals surface area contributed by atoms with E-state index in [4.69, 9.17) is 33.2 Å². The summed E-state index contributed by atoms with van der Waals surface area (Å²) in [5.41, 5.74) is 0.625.